The SMILES string of the molecule is Cc1ccc(NS(=O)(=O)c2ccc(NC(=O)c3ccc(OCCc4ccccc4)c(Br)c3)cc2)c(C)c1. The summed E-state index contributed by atoms with van der Waals surface area (Å²) < 4.78 is 34.8. The van der Waals surface area contributed by atoms with E-state index in [0.29, 0.717) is 33.8 Å². The number of halogens is 1. The van der Waals surface area contributed by atoms with E-state index < -0.39 is 10.0 Å². The Kier molecular flexibility index (Phi) is 8.31. The molecule has 6 nitrogen and oxygen atoms in total. The van der Waals surface area contributed by atoms with Gasteiger partial charge in [-0.05, 0) is 89.4 Å². The van der Waals surface area contributed by atoms with Gasteiger partial charge in [0.15, 0.2) is 0 Å². The molecule has 2 N–H and O–H groups in total. The molecular weight excluding hydrogens is 552 g/mol. The average molecular weight is 580 g/mol. The molecule has 0 bridgehead atoms. The minimum atomic E-state index is -3.76. The standard InChI is InChI=1S/C29H27BrN2O4S/c1-20-8-14-27(21(2)18-20)32-37(34,35)25-12-10-24(11-13-25)31-29(33)23-9-15-28(26(30)19-23)36-17-16-22-6-4-3-5-7-22/h3-15,18-19,32H,16-17H2,1-2H3,(H,31,33). The van der Waals surface area contributed by atoms with Gasteiger partial charge >= 0.3 is 0 Å². The lowest BCUT2D eigenvalue weighted by Gasteiger charge is -2.12. The molecule has 0 saturated carbocycles. The largest absolute Gasteiger partial charge is 0.492 e. The van der Waals surface area contributed by atoms with Crippen LogP contribution in [0.25, 0.3) is 0 Å². The predicted octanol–water partition coefficient (Wildman–Crippen LogP) is 6.74. The first-order valence-corrected chi connectivity index (χ1v) is 14.0. The molecule has 4 rings (SSSR count). The van der Waals surface area contributed by atoms with Crippen LogP contribution in [0.2, 0.25) is 0 Å². The molecule has 4 aromatic carbocycles. The van der Waals surface area contributed by atoms with Gasteiger partial charge in [0, 0.05) is 17.7 Å². The van der Waals surface area contributed by atoms with E-state index in [4.69, 9.17) is 4.74 Å². The summed E-state index contributed by atoms with van der Waals surface area (Å²) in [6.07, 6.45) is 0.779. The molecule has 0 fully saturated rings. The molecule has 0 atom stereocenters. The summed E-state index contributed by atoms with van der Waals surface area (Å²) in [5, 5.41) is 2.80. The maximum absolute atomic E-state index is 12.8. The van der Waals surface area contributed by atoms with Gasteiger partial charge in [0.1, 0.15) is 5.75 Å². The Hall–Kier alpha value is -3.62. The van der Waals surface area contributed by atoms with E-state index in [1.165, 1.54) is 17.7 Å². The number of hydrogen-bond donors (Lipinski definition) is 2. The zero-order chi connectivity index (χ0) is 26.4. The summed E-state index contributed by atoms with van der Waals surface area (Å²) in [7, 11) is -3.76. The summed E-state index contributed by atoms with van der Waals surface area (Å²) >= 11 is 3.48. The van der Waals surface area contributed by atoms with Crippen molar-refractivity contribution in [2.24, 2.45) is 0 Å². The fourth-order valence-corrected chi connectivity index (χ4v) is 5.36. The van der Waals surface area contributed by atoms with Gasteiger partial charge in [0.2, 0.25) is 0 Å². The minimum absolute atomic E-state index is 0.102. The van der Waals surface area contributed by atoms with Crippen molar-refractivity contribution in [1.82, 2.24) is 0 Å². The van der Waals surface area contributed by atoms with E-state index in [1.807, 2.05) is 44.2 Å². The molecular formula is C29H27BrN2O4S. The molecule has 0 saturated heterocycles. The molecule has 0 aromatic heterocycles. The maximum atomic E-state index is 12.8. The highest BCUT2D eigenvalue weighted by atomic mass is 79.9. The average Bonchev–Trinajstić information content (AvgIpc) is 2.87. The van der Waals surface area contributed by atoms with Gasteiger partial charge in [-0.3, -0.25) is 9.52 Å². The first-order chi connectivity index (χ1) is 17.7. The number of anilines is 2. The molecule has 0 unspecified atom stereocenters. The molecule has 0 aliphatic heterocycles. The topological polar surface area (TPSA) is 84.5 Å². The Labute approximate surface area is 225 Å². The van der Waals surface area contributed by atoms with E-state index in [0.717, 1.165) is 17.5 Å². The van der Waals surface area contributed by atoms with Gasteiger partial charge in [-0.1, -0.05) is 48.0 Å². The second-order valence-electron chi connectivity index (χ2n) is 8.63. The van der Waals surface area contributed by atoms with Crippen molar-refractivity contribution in [2.75, 3.05) is 16.6 Å². The normalized spacial score (nSPS) is 11.1. The lowest BCUT2D eigenvalue weighted by molar-refractivity contribution is 0.102. The number of ether oxygens (including phenoxy) is 1. The zero-order valence-electron chi connectivity index (χ0n) is 20.5. The number of carbonyl (C=O) groups is 1. The molecule has 37 heavy (non-hydrogen) atoms. The lowest BCUT2D eigenvalue weighted by Crippen LogP contribution is -2.15. The Morgan fingerprint density at radius 2 is 1.62 bits per heavy atom. The van der Waals surface area contributed by atoms with Crippen LogP contribution in [0.15, 0.2) is 100 Å². The molecule has 0 aliphatic carbocycles. The fourth-order valence-electron chi connectivity index (χ4n) is 3.74. The number of amides is 1. The van der Waals surface area contributed by atoms with E-state index in [-0.39, 0.29) is 10.8 Å². The quantitative estimate of drug-likeness (QED) is 0.230. The van der Waals surface area contributed by atoms with E-state index in [2.05, 4.69) is 38.1 Å². The Balaban J connectivity index is 1.36. The van der Waals surface area contributed by atoms with Crippen molar-refractivity contribution in [3.8, 4) is 5.75 Å². The summed E-state index contributed by atoms with van der Waals surface area (Å²) in [6.45, 7) is 4.32. The van der Waals surface area contributed by atoms with Crippen molar-refractivity contribution in [2.45, 2.75) is 25.2 Å². The summed E-state index contributed by atoms with van der Waals surface area (Å²) in [6, 6.07) is 26.7. The van der Waals surface area contributed by atoms with Crippen molar-refractivity contribution >= 4 is 43.2 Å². The van der Waals surface area contributed by atoms with Crippen LogP contribution in [0.1, 0.15) is 27.0 Å². The van der Waals surface area contributed by atoms with Crippen molar-refractivity contribution < 1.29 is 17.9 Å². The summed E-state index contributed by atoms with van der Waals surface area (Å²) in [4.78, 5) is 12.9. The van der Waals surface area contributed by atoms with Crippen LogP contribution in [-0.4, -0.2) is 20.9 Å². The third-order valence-corrected chi connectivity index (χ3v) is 7.74. The maximum Gasteiger partial charge on any atom is 0.261 e. The Bertz CT molecular complexity index is 1510. The fraction of sp³-hybridized carbons (Fsp3) is 0.138. The van der Waals surface area contributed by atoms with Crippen molar-refractivity contribution in [3.63, 3.8) is 0 Å². The van der Waals surface area contributed by atoms with Crippen LogP contribution in [0, 0.1) is 13.8 Å². The van der Waals surface area contributed by atoms with Crippen LogP contribution in [0.3, 0.4) is 0 Å². The number of sulfonamides is 1. The second-order valence-corrected chi connectivity index (χ2v) is 11.2. The van der Waals surface area contributed by atoms with Gasteiger partial charge < -0.3 is 10.1 Å². The zero-order valence-corrected chi connectivity index (χ0v) is 22.9. The highest BCUT2D eigenvalue weighted by Crippen LogP contribution is 2.27. The third-order valence-electron chi connectivity index (χ3n) is 5.73. The smallest absolute Gasteiger partial charge is 0.261 e. The van der Waals surface area contributed by atoms with Crippen molar-refractivity contribution in [1.29, 1.82) is 0 Å². The number of nitrogens with one attached hydrogen (secondary N) is 2. The Morgan fingerprint density at radius 3 is 2.30 bits per heavy atom. The van der Waals surface area contributed by atoms with Gasteiger partial charge in [-0.15, -0.1) is 0 Å². The monoisotopic (exact) mass is 578 g/mol. The number of carbonyl (C=O) groups excluding carboxylic acids is 1. The van der Waals surface area contributed by atoms with Gasteiger partial charge in [-0.2, -0.15) is 0 Å². The van der Waals surface area contributed by atoms with Gasteiger partial charge in [-0.25, -0.2) is 8.42 Å². The van der Waals surface area contributed by atoms with Gasteiger partial charge in [0.05, 0.1) is 21.7 Å². The number of rotatable bonds is 9. The van der Waals surface area contributed by atoms with Crippen molar-refractivity contribution in [3.05, 3.63) is 118 Å². The van der Waals surface area contributed by atoms with Gasteiger partial charge in [0.25, 0.3) is 15.9 Å². The molecule has 0 heterocycles. The molecule has 1 amide bonds. The van der Waals surface area contributed by atoms with Crippen LogP contribution in [0.5, 0.6) is 5.75 Å². The molecule has 4 aromatic rings. The van der Waals surface area contributed by atoms with Crippen LogP contribution < -0.4 is 14.8 Å². The van der Waals surface area contributed by atoms with Crippen LogP contribution in [-0.2, 0) is 16.4 Å². The molecule has 0 radical (unpaired) electrons. The van der Waals surface area contributed by atoms with Crippen LogP contribution in [0.4, 0.5) is 11.4 Å². The molecule has 8 heteroatoms. The first kappa shape index (κ1) is 26.4. The number of aryl methyl sites for hydroxylation is 2. The summed E-state index contributed by atoms with van der Waals surface area (Å²) in [5.74, 6) is 0.332. The van der Waals surface area contributed by atoms with E-state index in [1.54, 1.807) is 36.4 Å². The third kappa shape index (κ3) is 6.99. The lowest BCUT2D eigenvalue weighted by atomic mass is 10.1. The van der Waals surface area contributed by atoms with E-state index in [9.17, 15) is 13.2 Å². The predicted molar refractivity (Wildman–Crippen MR) is 151 cm³/mol. The highest BCUT2D eigenvalue weighted by molar-refractivity contribution is 9.10. The second kappa shape index (κ2) is 11.6. The molecule has 190 valence electrons. The number of benzene rings is 4. The van der Waals surface area contributed by atoms with Crippen LogP contribution >= 0.6 is 15.9 Å². The minimum Gasteiger partial charge on any atom is -0.492 e. The molecule has 0 spiro atoms. The number of hydrogen-bond acceptors (Lipinski definition) is 4. The first-order valence-electron chi connectivity index (χ1n) is 11.7. The molecule has 0 aliphatic rings. The highest BCUT2D eigenvalue weighted by Gasteiger charge is 2.16. The summed E-state index contributed by atoms with van der Waals surface area (Å²) in [5.41, 5.74) is 4.53. The Morgan fingerprint density at radius 1 is 0.892 bits per heavy atom. The van der Waals surface area contributed by atoms with E-state index >= 15 is 0 Å².